The largest absolute Gasteiger partial charge is 0.338 e. The van der Waals surface area contributed by atoms with Gasteiger partial charge in [-0.1, -0.05) is 48.5 Å². The van der Waals surface area contributed by atoms with Crippen molar-refractivity contribution in [2.45, 2.75) is 39.7 Å². The van der Waals surface area contributed by atoms with E-state index in [-0.39, 0.29) is 12.1 Å². The molecule has 0 aliphatic carbocycles. The van der Waals surface area contributed by atoms with Crippen molar-refractivity contribution in [1.29, 1.82) is 0 Å². The minimum Gasteiger partial charge on any atom is -0.338 e. The Balaban J connectivity index is 1.46. The molecule has 0 bridgehead atoms. The van der Waals surface area contributed by atoms with E-state index in [1.807, 2.05) is 69.3 Å². The molecule has 0 aliphatic heterocycles. The highest BCUT2D eigenvalue weighted by Crippen LogP contribution is 2.18. The minimum atomic E-state index is -0.162. The Morgan fingerprint density at radius 2 is 1.89 bits per heavy atom. The maximum absolute atomic E-state index is 12.1. The summed E-state index contributed by atoms with van der Waals surface area (Å²) in [6, 6.07) is 15.8. The van der Waals surface area contributed by atoms with E-state index in [4.69, 9.17) is 4.52 Å². The first-order valence-electron chi connectivity index (χ1n) is 9.58. The van der Waals surface area contributed by atoms with E-state index in [0.717, 1.165) is 29.5 Å². The molecule has 0 radical (unpaired) electrons. The molecule has 2 aromatic carbocycles. The van der Waals surface area contributed by atoms with Crippen LogP contribution in [0.1, 0.15) is 42.4 Å². The Morgan fingerprint density at radius 3 is 2.57 bits per heavy atom. The molecule has 0 aliphatic rings. The molecule has 0 spiro atoms. The van der Waals surface area contributed by atoms with Crippen molar-refractivity contribution in [2.75, 3.05) is 6.54 Å². The fourth-order valence-electron chi connectivity index (χ4n) is 3.05. The monoisotopic (exact) mass is 378 g/mol. The van der Waals surface area contributed by atoms with Gasteiger partial charge in [0, 0.05) is 18.5 Å². The van der Waals surface area contributed by atoms with Gasteiger partial charge >= 0.3 is 6.03 Å². The SMILES string of the molecule is CCc1noc(-c2ccc(CCNC(=O)NC(C)c3ccccc3C)cc2)n1. The van der Waals surface area contributed by atoms with Crippen molar-refractivity contribution < 1.29 is 9.32 Å². The second-order valence-electron chi connectivity index (χ2n) is 6.79. The van der Waals surface area contributed by atoms with Crippen LogP contribution in [-0.4, -0.2) is 22.7 Å². The molecule has 2 N–H and O–H groups in total. The number of nitrogens with one attached hydrogen (secondary N) is 2. The molecule has 6 heteroatoms. The van der Waals surface area contributed by atoms with Crippen LogP contribution in [-0.2, 0) is 12.8 Å². The lowest BCUT2D eigenvalue weighted by Crippen LogP contribution is -2.38. The second kappa shape index (κ2) is 9.17. The van der Waals surface area contributed by atoms with Crippen LogP contribution in [0.5, 0.6) is 0 Å². The van der Waals surface area contributed by atoms with Gasteiger partial charge in [0.05, 0.1) is 6.04 Å². The molecular weight excluding hydrogens is 352 g/mol. The summed E-state index contributed by atoms with van der Waals surface area (Å²) < 4.78 is 5.25. The quantitative estimate of drug-likeness (QED) is 0.645. The zero-order valence-corrected chi connectivity index (χ0v) is 16.5. The van der Waals surface area contributed by atoms with Crippen LogP contribution >= 0.6 is 0 Å². The van der Waals surface area contributed by atoms with Crippen molar-refractivity contribution in [3.63, 3.8) is 0 Å². The molecule has 0 fully saturated rings. The van der Waals surface area contributed by atoms with Gasteiger partial charge in [-0.05, 0) is 49.1 Å². The number of nitrogens with zero attached hydrogens (tertiary/aromatic N) is 2. The average molecular weight is 378 g/mol. The lowest BCUT2D eigenvalue weighted by molar-refractivity contribution is 0.238. The summed E-state index contributed by atoms with van der Waals surface area (Å²) in [6.07, 6.45) is 1.49. The van der Waals surface area contributed by atoms with E-state index in [9.17, 15) is 4.79 Å². The zero-order valence-electron chi connectivity index (χ0n) is 16.5. The van der Waals surface area contributed by atoms with Gasteiger partial charge in [0.15, 0.2) is 5.82 Å². The second-order valence-corrected chi connectivity index (χ2v) is 6.79. The van der Waals surface area contributed by atoms with Crippen LogP contribution in [0.2, 0.25) is 0 Å². The van der Waals surface area contributed by atoms with Gasteiger partial charge in [0.2, 0.25) is 0 Å². The van der Waals surface area contributed by atoms with Gasteiger partial charge in [0.25, 0.3) is 5.89 Å². The molecule has 0 saturated heterocycles. The van der Waals surface area contributed by atoms with E-state index in [0.29, 0.717) is 18.3 Å². The summed E-state index contributed by atoms with van der Waals surface area (Å²) in [6.45, 7) is 6.59. The predicted molar refractivity (Wildman–Crippen MR) is 109 cm³/mol. The molecule has 0 saturated carbocycles. The van der Waals surface area contributed by atoms with Gasteiger partial charge in [-0.25, -0.2) is 4.79 Å². The molecule has 3 aromatic rings. The molecule has 3 rings (SSSR count). The van der Waals surface area contributed by atoms with Crippen LogP contribution in [0.3, 0.4) is 0 Å². The molecular formula is C22H26N4O2. The van der Waals surface area contributed by atoms with Crippen molar-refractivity contribution >= 4 is 6.03 Å². The number of aromatic nitrogens is 2. The minimum absolute atomic E-state index is 0.0390. The fourth-order valence-corrected chi connectivity index (χ4v) is 3.05. The van der Waals surface area contributed by atoms with E-state index in [2.05, 4.69) is 20.8 Å². The van der Waals surface area contributed by atoms with E-state index in [1.54, 1.807) is 0 Å². The standard InChI is InChI=1S/C22H26N4O2/c1-4-20-25-21(28-26-20)18-11-9-17(10-12-18)13-14-23-22(27)24-16(3)19-8-6-5-7-15(19)2/h5-12,16H,4,13-14H2,1-3H3,(H2,23,24,27). The summed E-state index contributed by atoms with van der Waals surface area (Å²) >= 11 is 0. The zero-order chi connectivity index (χ0) is 19.9. The van der Waals surface area contributed by atoms with Crippen LogP contribution in [0.15, 0.2) is 53.1 Å². The third-order valence-corrected chi connectivity index (χ3v) is 4.69. The Kier molecular flexibility index (Phi) is 6.42. The number of urea groups is 1. The third-order valence-electron chi connectivity index (χ3n) is 4.69. The Labute approximate surface area is 165 Å². The lowest BCUT2D eigenvalue weighted by atomic mass is 10.0. The van der Waals surface area contributed by atoms with Crippen LogP contribution in [0.4, 0.5) is 4.79 Å². The smallest absolute Gasteiger partial charge is 0.315 e. The van der Waals surface area contributed by atoms with Crippen molar-refractivity contribution in [3.8, 4) is 11.5 Å². The van der Waals surface area contributed by atoms with Gasteiger partial charge in [-0.15, -0.1) is 0 Å². The summed E-state index contributed by atoms with van der Waals surface area (Å²) in [5, 5.41) is 9.81. The summed E-state index contributed by atoms with van der Waals surface area (Å²) in [5.41, 5.74) is 4.32. The number of carbonyl (C=O) groups excluding carboxylic acids is 1. The third kappa shape index (κ3) is 4.97. The molecule has 6 nitrogen and oxygen atoms in total. The van der Waals surface area contributed by atoms with Gasteiger partial charge < -0.3 is 15.2 Å². The number of benzene rings is 2. The summed E-state index contributed by atoms with van der Waals surface area (Å²) in [5.74, 6) is 1.24. The Morgan fingerprint density at radius 1 is 1.14 bits per heavy atom. The van der Waals surface area contributed by atoms with Crippen LogP contribution < -0.4 is 10.6 Å². The number of carbonyl (C=O) groups is 1. The topological polar surface area (TPSA) is 80.0 Å². The molecule has 2 amide bonds. The summed E-state index contributed by atoms with van der Waals surface area (Å²) in [4.78, 5) is 16.5. The first-order chi connectivity index (χ1) is 13.6. The molecule has 146 valence electrons. The number of hydrogen-bond acceptors (Lipinski definition) is 4. The number of aryl methyl sites for hydroxylation is 2. The van der Waals surface area contributed by atoms with Gasteiger partial charge in [-0.2, -0.15) is 4.98 Å². The molecule has 28 heavy (non-hydrogen) atoms. The van der Waals surface area contributed by atoms with Crippen LogP contribution in [0, 0.1) is 6.92 Å². The number of hydrogen-bond donors (Lipinski definition) is 2. The average Bonchev–Trinajstić information content (AvgIpc) is 3.18. The lowest BCUT2D eigenvalue weighted by Gasteiger charge is -2.17. The highest BCUT2D eigenvalue weighted by Gasteiger charge is 2.11. The number of rotatable bonds is 7. The van der Waals surface area contributed by atoms with E-state index < -0.39 is 0 Å². The van der Waals surface area contributed by atoms with Crippen LogP contribution in [0.25, 0.3) is 11.5 Å². The summed E-state index contributed by atoms with van der Waals surface area (Å²) in [7, 11) is 0. The molecule has 1 unspecified atom stereocenters. The molecule has 1 aromatic heterocycles. The van der Waals surface area contributed by atoms with Crippen molar-refractivity contribution in [1.82, 2.24) is 20.8 Å². The normalized spacial score (nSPS) is 11.8. The Bertz CT molecular complexity index is 918. The maximum Gasteiger partial charge on any atom is 0.315 e. The van der Waals surface area contributed by atoms with Gasteiger partial charge in [0.1, 0.15) is 0 Å². The van der Waals surface area contributed by atoms with Crippen molar-refractivity contribution in [2.24, 2.45) is 0 Å². The highest BCUT2D eigenvalue weighted by atomic mass is 16.5. The fraction of sp³-hybridized carbons (Fsp3) is 0.318. The maximum atomic E-state index is 12.1. The first-order valence-corrected chi connectivity index (χ1v) is 9.58. The number of amides is 2. The first kappa shape index (κ1) is 19.6. The van der Waals surface area contributed by atoms with E-state index in [1.165, 1.54) is 5.56 Å². The Hall–Kier alpha value is -3.15. The predicted octanol–water partition coefficient (Wildman–Crippen LogP) is 4.21. The molecule has 1 heterocycles. The van der Waals surface area contributed by atoms with Crippen molar-refractivity contribution in [3.05, 3.63) is 71.0 Å². The van der Waals surface area contributed by atoms with Gasteiger partial charge in [-0.3, -0.25) is 0 Å². The highest BCUT2D eigenvalue weighted by molar-refractivity contribution is 5.74. The van der Waals surface area contributed by atoms with E-state index >= 15 is 0 Å². The molecule has 1 atom stereocenters.